The van der Waals surface area contributed by atoms with Gasteiger partial charge in [-0.15, -0.1) is 0 Å². The molecule has 0 saturated carbocycles. The average molecular weight is 165 g/mol. The Morgan fingerprint density at radius 3 is 2.83 bits per heavy atom. The summed E-state index contributed by atoms with van der Waals surface area (Å²) < 4.78 is 0. The summed E-state index contributed by atoms with van der Waals surface area (Å²) in [5, 5.41) is 3.63. The van der Waals surface area contributed by atoms with Crippen molar-refractivity contribution in [1.82, 2.24) is 5.32 Å². The van der Waals surface area contributed by atoms with Crippen LogP contribution in [-0.2, 0) is 0 Å². The summed E-state index contributed by atoms with van der Waals surface area (Å²) in [7, 11) is 0. The summed E-state index contributed by atoms with van der Waals surface area (Å²) in [6.45, 7) is 3.59. The van der Waals surface area contributed by atoms with Gasteiger partial charge in [0.2, 0.25) is 0 Å². The van der Waals surface area contributed by atoms with Gasteiger partial charge >= 0.3 is 0 Å². The molecule has 1 saturated heterocycles. The van der Waals surface area contributed by atoms with E-state index in [4.69, 9.17) is 0 Å². The molecule has 1 heteroatoms. The summed E-state index contributed by atoms with van der Waals surface area (Å²) in [6.07, 6.45) is 10.6. The first-order valence-corrected chi connectivity index (χ1v) is 5.26. The van der Waals surface area contributed by atoms with E-state index in [0.29, 0.717) is 5.54 Å². The molecule has 1 N–H and O–H groups in total. The summed E-state index contributed by atoms with van der Waals surface area (Å²) in [5.41, 5.74) is 2.06. The van der Waals surface area contributed by atoms with Gasteiger partial charge in [-0.1, -0.05) is 11.6 Å². The van der Waals surface area contributed by atoms with E-state index in [0.717, 1.165) is 0 Å². The third kappa shape index (κ3) is 1.42. The molecule has 1 atom stereocenters. The second-order valence-electron chi connectivity index (χ2n) is 4.34. The van der Waals surface area contributed by atoms with Crippen molar-refractivity contribution in [2.45, 2.75) is 51.0 Å². The Morgan fingerprint density at radius 2 is 2.25 bits per heavy atom. The molecule has 0 aromatic heterocycles. The van der Waals surface area contributed by atoms with Gasteiger partial charge in [0.25, 0.3) is 0 Å². The van der Waals surface area contributed by atoms with Crippen LogP contribution in [0.2, 0.25) is 0 Å². The Balaban J connectivity index is 2.10. The standard InChI is InChI=1S/C11H19N/c1-11(8-5-9-12-11)10-6-3-2-4-7-10/h6,12H,2-5,7-9H2,1H3. The maximum Gasteiger partial charge on any atom is 0.0365 e. The van der Waals surface area contributed by atoms with E-state index in [1.165, 1.54) is 45.1 Å². The molecule has 0 spiro atoms. The minimum absolute atomic E-state index is 0.375. The third-order valence-corrected chi connectivity index (χ3v) is 3.37. The average Bonchev–Trinajstić information content (AvgIpc) is 2.55. The number of hydrogen-bond acceptors (Lipinski definition) is 1. The molecule has 0 aromatic carbocycles. The highest BCUT2D eigenvalue weighted by atomic mass is 15.0. The van der Waals surface area contributed by atoms with Crippen molar-refractivity contribution in [3.63, 3.8) is 0 Å². The lowest BCUT2D eigenvalue weighted by atomic mass is 9.83. The van der Waals surface area contributed by atoms with Crippen LogP contribution in [0.25, 0.3) is 0 Å². The second kappa shape index (κ2) is 3.21. The van der Waals surface area contributed by atoms with Crippen LogP contribution in [0.15, 0.2) is 11.6 Å². The van der Waals surface area contributed by atoms with E-state index in [1.54, 1.807) is 5.57 Å². The summed E-state index contributed by atoms with van der Waals surface area (Å²) in [5.74, 6) is 0. The zero-order valence-electron chi connectivity index (χ0n) is 8.03. The maximum absolute atomic E-state index is 3.63. The van der Waals surface area contributed by atoms with Crippen LogP contribution in [0.5, 0.6) is 0 Å². The fraction of sp³-hybridized carbons (Fsp3) is 0.818. The van der Waals surface area contributed by atoms with Crippen LogP contribution < -0.4 is 5.32 Å². The van der Waals surface area contributed by atoms with Crippen molar-refractivity contribution in [3.8, 4) is 0 Å². The predicted octanol–water partition coefficient (Wildman–Crippen LogP) is 2.63. The number of hydrogen-bond donors (Lipinski definition) is 1. The Bertz CT molecular complexity index is 187. The van der Waals surface area contributed by atoms with Crippen molar-refractivity contribution in [1.29, 1.82) is 0 Å². The second-order valence-corrected chi connectivity index (χ2v) is 4.34. The summed E-state index contributed by atoms with van der Waals surface area (Å²) in [6, 6.07) is 0. The zero-order chi connectivity index (χ0) is 8.44. The Labute approximate surface area is 75.2 Å². The lowest BCUT2D eigenvalue weighted by Gasteiger charge is -2.30. The normalized spacial score (nSPS) is 36.6. The van der Waals surface area contributed by atoms with Crippen LogP contribution in [0, 0.1) is 0 Å². The molecule has 0 radical (unpaired) electrons. The van der Waals surface area contributed by atoms with E-state index < -0.39 is 0 Å². The van der Waals surface area contributed by atoms with Gasteiger partial charge in [0.15, 0.2) is 0 Å². The fourth-order valence-corrected chi connectivity index (χ4v) is 2.51. The van der Waals surface area contributed by atoms with Gasteiger partial charge in [-0.25, -0.2) is 0 Å². The molecular weight excluding hydrogens is 146 g/mol. The van der Waals surface area contributed by atoms with Crippen LogP contribution in [-0.4, -0.2) is 12.1 Å². The van der Waals surface area contributed by atoms with Gasteiger partial charge in [-0.2, -0.15) is 0 Å². The third-order valence-electron chi connectivity index (χ3n) is 3.37. The Morgan fingerprint density at radius 1 is 1.33 bits per heavy atom. The molecule has 1 nitrogen and oxygen atoms in total. The largest absolute Gasteiger partial charge is 0.308 e. The van der Waals surface area contributed by atoms with Crippen molar-refractivity contribution in [2.24, 2.45) is 0 Å². The quantitative estimate of drug-likeness (QED) is 0.589. The van der Waals surface area contributed by atoms with E-state index >= 15 is 0 Å². The summed E-state index contributed by atoms with van der Waals surface area (Å²) in [4.78, 5) is 0. The first kappa shape index (κ1) is 8.31. The monoisotopic (exact) mass is 165 g/mol. The highest BCUT2D eigenvalue weighted by molar-refractivity contribution is 5.22. The molecule has 2 rings (SSSR count). The molecule has 2 aliphatic rings. The van der Waals surface area contributed by atoms with Crippen molar-refractivity contribution < 1.29 is 0 Å². The molecule has 1 fully saturated rings. The van der Waals surface area contributed by atoms with E-state index in [-0.39, 0.29) is 0 Å². The zero-order valence-corrected chi connectivity index (χ0v) is 8.03. The number of allylic oxidation sites excluding steroid dienone is 1. The molecular formula is C11H19N. The molecule has 0 amide bonds. The van der Waals surface area contributed by atoms with Gasteiger partial charge in [0, 0.05) is 5.54 Å². The van der Waals surface area contributed by atoms with Crippen LogP contribution >= 0.6 is 0 Å². The molecule has 0 bridgehead atoms. The van der Waals surface area contributed by atoms with Crippen LogP contribution in [0.4, 0.5) is 0 Å². The molecule has 1 aliphatic heterocycles. The first-order valence-electron chi connectivity index (χ1n) is 5.26. The minimum atomic E-state index is 0.375. The van der Waals surface area contributed by atoms with Crippen molar-refractivity contribution in [3.05, 3.63) is 11.6 Å². The lowest BCUT2D eigenvalue weighted by Crippen LogP contribution is -2.38. The van der Waals surface area contributed by atoms with Gasteiger partial charge < -0.3 is 5.32 Å². The summed E-state index contributed by atoms with van der Waals surface area (Å²) >= 11 is 0. The number of rotatable bonds is 1. The molecule has 68 valence electrons. The fourth-order valence-electron chi connectivity index (χ4n) is 2.51. The Hall–Kier alpha value is -0.300. The highest BCUT2D eigenvalue weighted by Gasteiger charge is 2.31. The van der Waals surface area contributed by atoms with Crippen LogP contribution in [0.3, 0.4) is 0 Å². The molecule has 0 aromatic rings. The molecule has 1 aliphatic carbocycles. The smallest absolute Gasteiger partial charge is 0.0365 e. The van der Waals surface area contributed by atoms with Crippen LogP contribution in [0.1, 0.15) is 45.4 Å². The SMILES string of the molecule is CC1(C2=CCCCC2)CCCN1. The van der Waals surface area contributed by atoms with Gasteiger partial charge in [-0.3, -0.25) is 0 Å². The Kier molecular flexibility index (Phi) is 2.22. The van der Waals surface area contributed by atoms with Gasteiger partial charge in [0.1, 0.15) is 0 Å². The molecule has 1 heterocycles. The van der Waals surface area contributed by atoms with E-state index in [1.807, 2.05) is 0 Å². The minimum Gasteiger partial charge on any atom is -0.308 e. The molecule has 12 heavy (non-hydrogen) atoms. The molecule has 1 unspecified atom stereocenters. The maximum atomic E-state index is 3.63. The predicted molar refractivity (Wildman–Crippen MR) is 52.2 cm³/mol. The number of nitrogens with one attached hydrogen (secondary N) is 1. The van der Waals surface area contributed by atoms with Gasteiger partial charge in [0.05, 0.1) is 0 Å². The van der Waals surface area contributed by atoms with Gasteiger partial charge in [-0.05, 0) is 52.0 Å². The van der Waals surface area contributed by atoms with Crippen molar-refractivity contribution >= 4 is 0 Å². The lowest BCUT2D eigenvalue weighted by molar-refractivity contribution is 0.454. The van der Waals surface area contributed by atoms with E-state index in [2.05, 4.69) is 18.3 Å². The highest BCUT2D eigenvalue weighted by Crippen LogP contribution is 2.33. The van der Waals surface area contributed by atoms with Crippen molar-refractivity contribution in [2.75, 3.05) is 6.54 Å². The topological polar surface area (TPSA) is 12.0 Å². The first-order chi connectivity index (χ1) is 5.81. The van der Waals surface area contributed by atoms with E-state index in [9.17, 15) is 0 Å².